The Labute approximate surface area is 193 Å². The van der Waals surface area contributed by atoms with Crippen LogP contribution in [-0.2, 0) is 4.79 Å². The molecule has 1 amide bonds. The van der Waals surface area contributed by atoms with Gasteiger partial charge in [-0.2, -0.15) is 4.98 Å². The summed E-state index contributed by atoms with van der Waals surface area (Å²) in [5.41, 5.74) is 1.05. The molecule has 0 unspecified atom stereocenters. The lowest BCUT2D eigenvalue weighted by Crippen LogP contribution is -2.47. The normalized spacial score (nSPS) is 27.5. The van der Waals surface area contributed by atoms with Crippen molar-refractivity contribution in [3.05, 3.63) is 54.9 Å². The lowest BCUT2D eigenvalue weighted by atomic mass is 9.49. The highest BCUT2D eigenvalue weighted by atomic mass is 16.5. The second kappa shape index (κ2) is 7.97. The summed E-state index contributed by atoms with van der Waals surface area (Å²) in [6.07, 6.45) is 13.8. The molecule has 3 aromatic rings. The van der Waals surface area contributed by atoms with Gasteiger partial charge in [-0.1, -0.05) is 0 Å². The van der Waals surface area contributed by atoms with E-state index in [9.17, 15) is 4.79 Å². The Morgan fingerprint density at radius 2 is 1.79 bits per heavy atom. The Hall–Kier alpha value is -3.22. The highest BCUT2D eigenvalue weighted by Crippen LogP contribution is 2.61. The fourth-order valence-electron chi connectivity index (χ4n) is 6.88. The lowest BCUT2D eigenvalue weighted by molar-refractivity contribution is -0.124. The van der Waals surface area contributed by atoms with Crippen LogP contribution in [0.25, 0.3) is 5.82 Å². The van der Waals surface area contributed by atoms with Gasteiger partial charge in [0.25, 0.3) is 0 Å². The summed E-state index contributed by atoms with van der Waals surface area (Å²) < 4.78 is 7.76. The average Bonchev–Trinajstić information content (AvgIpc) is 3.28. The number of ether oxygens (including phenoxy) is 1. The van der Waals surface area contributed by atoms with Crippen molar-refractivity contribution in [2.45, 2.75) is 51.9 Å². The Kier molecular flexibility index (Phi) is 4.93. The van der Waals surface area contributed by atoms with Gasteiger partial charge in [0, 0.05) is 30.6 Å². The van der Waals surface area contributed by atoms with E-state index in [2.05, 4.69) is 20.3 Å². The van der Waals surface area contributed by atoms with Gasteiger partial charge in [-0.15, -0.1) is 0 Å². The standard InChI is InChI=1S/C26H29N5O2/c1-17-28-23(31-7-6-27-16-31)11-25(29-17)33-22-4-2-21(3-5-22)30-24(32)15-26-12-18-8-19(13-26)10-20(9-18)14-26/h2-7,11,16,18-20H,8-10,12-15H2,1H3,(H,30,32). The van der Waals surface area contributed by atoms with Gasteiger partial charge in [0.1, 0.15) is 23.7 Å². The molecule has 1 aromatic carbocycles. The topological polar surface area (TPSA) is 81.9 Å². The van der Waals surface area contributed by atoms with E-state index in [0.29, 0.717) is 29.7 Å². The Balaban J connectivity index is 1.10. The van der Waals surface area contributed by atoms with Crippen LogP contribution in [0.4, 0.5) is 5.69 Å². The number of carbonyl (C=O) groups excluding carboxylic acids is 1. The summed E-state index contributed by atoms with van der Waals surface area (Å²) in [6, 6.07) is 9.26. The molecule has 2 aromatic heterocycles. The smallest absolute Gasteiger partial charge is 0.224 e. The summed E-state index contributed by atoms with van der Waals surface area (Å²) in [4.78, 5) is 25.8. The molecule has 4 fully saturated rings. The monoisotopic (exact) mass is 443 g/mol. The maximum Gasteiger partial charge on any atom is 0.224 e. The summed E-state index contributed by atoms with van der Waals surface area (Å²) in [6.45, 7) is 1.83. The number of aryl methyl sites for hydroxylation is 1. The van der Waals surface area contributed by atoms with Crippen LogP contribution in [0, 0.1) is 30.1 Å². The first kappa shape index (κ1) is 20.4. The Bertz CT molecular complexity index is 1120. The quantitative estimate of drug-likeness (QED) is 0.558. The molecule has 0 saturated heterocycles. The van der Waals surface area contributed by atoms with E-state index < -0.39 is 0 Å². The van der Waals surface area contributed by atoms with Crippen LogP contribution in [0.5, 0.6) is 11.6 Å². The predicted molar refractivity (Wildman–Crippen MR) is 124 cm³/mol. The first-order chi connectivity index (χ1) is 16.0. The fraction of sp³-hybridized carbons (Fsp3) is 0.462. The summed E-state index contributed by atoms with van der Waals surface area (Å²) >= 11 is 0. The number of aromatic nitrogens is 4. The number of hydrogen-bond donors (Lipinski definition) is 1. The molecule has 4 saturated carbocycles. The van der Waals surface area contributed by atoms with Gasteiger partial charge >= 0.3 is 0 Å². The Morgan fingerprint density at radius 1 is 1.09 bits per heavy atom. The largest absolute Gasteiger partial charge is 0.439 e. The summed E-state index contributed by atoms with van der Waals surface area (Å²) in [7, 11) is 0. The van der Waals surface area contributed by atoms with E-state index in [0.717, 1.165) is 23.4 Å². The number of rotatable bonds is 6. The number of nitrogens with zero attached hydrogens (tertiary/aromatic N) is 4. The maximum absolute atomic E-state index is 12.9. The molecule has 170 valence electrons. The molecule has 4 aliphatic rings. The van der Waals surface area contributed by atoms with E-state index in [1.165, 1.54) is 38.5 Å². The van der Waals surface area contributed by atoms with Gasteiger partial charge in [0.05, 0.1) is 0 Å². The fourth-order valence-corrected chi connectivity index (χ4v) is 6.88. The van der Waals surface area contributed by atoms with Crippen molar-refractivity contribution >= 4 is 11.6 Å². The minimum absolute atomic E-state index is 0.141. The van der Waals surface area contributed by atoms with Crippen LogP contribution in [0.2, 0.25) is 0 Å². The second-order valence-electron chi connectivity index (χ2n) is 10.4. The number of carbonyl (C=O) groups is 1. The molecule has 4 bridgehead atoms. The van der Waals surface area contributed by atoms with Gasteiger partial charge in [0.2, 0.25) is 11.8 Å². The van der Waals surface area contributed by atoms with Crippen molar-refractivity contribution < 1.29 is 9.53 Å². The van der Waals surface area contributed by atoms with Gasteiger partial charge in [-0.25, -0.2) is 9.97 Å². The van der Waals surface area contributed by atoms with Crippen molar-refractivity contribution in [3.63, 3.8) is 0 Å². The zero-order valence-corrected chi connectivity index (χ0v) is 18.9. The summed E-state index contributed by atoms with van der Waals surface area (Å²) in [5, 5.41) is 3.11. The van der Waals surface area contributed by atoms with Crippen LogP contribution in [0.1, 0.15) is 50.8 Å². The molecular weight excluding hydrogens is 414 g/mol. The van der Waals surface area contributed by atoms with Crippen LogP contribution in [0.15, 0.2) is 49.1 Å². The van der Waals surface area contributed by atoms with E-state index in [4.69, 9.17) is 4.74 Å². The second-order valence-corrected chi connectivity index (χ2v) is 10.4. The minimum atomic E-state index is 0.141. The highest BCUT2D eigenvalue weighted by Gasteiger charge is 2.51. The molecule has 4 aliphatic carbocycles. The molecule has 0 atom stereocenters. The zero-order chi connectivity index (χ0) is 22.4. The van der Waals surface area contributed by atoms with Crippen molar-refractivity contribution in [2.24, 2.45) is 23.2 Å². The number of hydrogen-bond acceptors (Lipinski definition) is 5. The number of imidazole rings is 1. The average molecular weight is 444 g/mol. The molecule has 7 nitrogen and oxygen atoms in total. The van der Waals surface area contributed by atoms with Crippen LogP contribution < -0.4 is 10.1 Å². The number of amides is 1. The zero-order valence-electron chi connectivity index (χ0n) is 18.9. The third-order valence-electron chi connectivity index (χ3n) is 7.63. The van der Waals surface area contributed by atoms with Crippen molar-refractivity contribution in [2.75, 3.05) is 5.32 Å². The molecule has 7 rings (SSSR count). The predicted octanol–water partition coefficient (Wildman–Crippen LogP) is 5.31. The van der Waals surface area contributed by atoms with Gasteiger partial charge < -0.3 is 10.1 Å². The molecule has 7 heteroatoms. The Morgan fingerprint density at radius 3 is 2.42 bits per heavy atom. The first-order valence-corrected chi connectivity index (χ1v) is 11.9. The minimum Gasteiger partial charge on any atom is -0.439 e. The molecular formula is C26H29N5O2. The van der Waals surface area contributed by atoms with Gasteiger partial charge in [-0.3, -0.25) is 9.36 Å². The van der Waals surface area contributed by atoms with E-state index >= 15 is 0 Å². The number of nitrogens with one attached hydrogen (secondary N) is 1. The van der Waals surface area contributed by atoms with E-state index in [-0.39, 0.29) is 11.3 Å². The third kappa shape index (κ3) is 4.24. The summed E-state index contributed by atoms with van der Waals surface area (Å²) in [5.74, 6) is 5.16. The molecule has 33 heavy (non-hydrogen) atoms. The number of benzene rings is 1. The molecule has 2 heterocycles. The van der Waals surface area contributed by atoms with Gasteiger partial charge in [0.15, 0.2) is 0 Å². The molecule has 0 aliphatic heterocycles. The molecule has 0 radical (unpaired) electrons. The molecule has 0 spiro atoms. The molecule has 1 N–H and O–H groups in total. The van der Waals surface area contributed by atoms with Crippen molar-refractivity contribution in [3.8, 4) is 17.4 Å². The highest BCUT2D eigenvalue weighted by molar-refractivity contribution is 5.91. The van der Waals surface area contributed by atoms with E-state index in [1.54, 1.807) is 18.6 Å². The maximum atomic E-state index is 12.9. The van der Waals surface area contributed by atoms with Crippen molar-refractivity contribution in [1.82, 2.24) is 19.5 Å². The number of anilines is 1. The lowest BCUT2D eigenvalue weighted by Gasteiger charge is -2.56. The van der Waals surface area contributed by atoms with Gasteiger partial charge in [-0.05, 0) is 92.9 Å². The van der Waals surface area contributed by atoms with Crippen LogP contribution in [0.3, 0.4) is 0 Å². The van der Waals surface area contributed by atoms with Crippen LogP contribution >= 0.6 is 0 Å². The van der Waals surface area contributed by atoms with Crippen LogP contribution in [-0.4, -0.2) is 25.4 Å². The van der Waals surface area contributed by atoms with E-state index in [1.807, 2.05) is 42.0 Å². The SMILES string of the molecule is Cc1nc(Oc2ccc(NC(=O)CC34CC5CC(CC(C5)C3)C4)cc2)cc(-n2ccnc2)n1. The first-order valence-electron chi connectivity index (χ1n) is 11.9. The third-order valence-corrected chi connectivity index (χ3v) is 7.63. The van der Waals surface area contributed by atoms with Crippen molar-refractivity contribution in [1.29, 1.82) is 0 Å².